The van der Waals surface area contributed by atoms with E-state index in [4.69, 9.17) is 0 Å². The van der Waals surface area contributed by atoms with Gasteiger partial charge < -0.3 is 15.7 Å². The lowest BCUT2D eigenvalue weighted by molar-refractivity contribution is 0.0934. The van der Waals surface area contributed by atoms with Crippen molar-refractivity contribution in [2.75, 3.05) is 11.9 Å². The second-order valence-corrected chi connectivity index (χ2v) is 7.77. The van der Waals surface area contributed by atoms with E-state index >= 15 is 0 Å². The molecule has 5 nitrogen and oxygen atoms in total. The van der Waals surface area contributed by atoms with Crippen molar-refractivity contribution in [2.24, 2.45) is 0 Å². The Labute approximate surface area is 145 Å². The van der Waals surface area contributed by atoms with Gasteiger partial charge in [-0.15, -0.1) is 11.3 Å². The number of nitrogens with zero attached hydrogens (tertiary/aromatic N) is 1. The highest BCUT2D eigenvalue weighted by molar-refractivity contribution is 7.16. The van der Waals surface area contributed by atoms with Gasteiger partial charge in [0.2, 0.25) is 0 Å². The molecule has 4 rings (SSSR count). The van der Waals surface area contributed by atoms with Crippen LogP contribution in [-0.4, -0.2) is 28.5 Å². The van der Waals surface area contributed by atoms with Crippen LogP contribution in [0, 0.1) is 0 Å². The van der Waals surface area contributed by atoms with E-state index in [9.17, 15) is 9.90 Å². The minimum Gasteiger partial charge on any atom is -0.508 e. The van der Waals surface area contributed by atoms with Crippen molar-refractivity contribution in [2.45, 2.75) is 39.0 Å². The van der Waals surface area contributed by atoms with Gasteiger partial charge in [0.1, 0.15) is 16.9 Å². The predicted molar refractivity (Wildman–Crippen MR) is 95.5 cm³/mol. The highest BCUT2D eigenvalue weighted by Crippen LogP contribution is 2.41. The van der Waals surface area contributed by atoms with Crippen molar-refractivity contribution in [3.8, 4) is 5.75 Å². The lowest BCUT2D eigenvalue weighted by Gasteiger charge is -2.31. The largest absolute Gasteiger partial charge is 0.508 e. The van der Waals surface area contributed by atoms with Gasteiger partial charge in [-0.1, -0.05) is 12.1 Å². The number of phenols is 1. The molecule has 0 fully saturated rings. The third-order valence-electron chi connectivity index (χ3n) is 4.80. The minimum atomic E-state index is -0.307. The number of aromatic hydroxyl groups is 1. The van der Waals surface area contributed by atoms with Gasteiger partial charge in [0.15, 0.2) is 0 Å². The van der Waals surface area contributed by atoms with Gasteiger partial charge in [0.25, 0.3) is 5.91 Å². The molecule has 6 heteroatoms. The van der Waals surface area contributed by atoms with E-state index in [0.717, 1.165) is 35.6 Å². The van der Waals surface area contributed by atoms with Crippen molar-refractivity contribution in [1.82, 2.24) is 10.2 Å². The van der Waals surface area contributed by atoms with Crippen LogP contribution in [0.1, 0.15) is 46.4 Å². The Balaban J connectivity index is 1.66. The molecule has 1 amide bonds. The first-order valence-electron chi connectivity index (χ1n) is 8.28. The SMILES string of the molecule is CC(C)N1CCc2c(sc3c2C(=O)N[C@H](c2cccc(O)c2)N3)C1. The fraction of sp³-hybridized carbons (Fsp3) is 0.389. The molecule has 0 spiro atoms. The number of phenolic OH excluding ortho intramolecular Hbond substituents is 1. The number of amides is 1. The Morgan fingerprint density at radius 3 is 2.92 bits per heavy atom. The lowest BCUT2D eigenvalue weighted by atomic mass is 9.99. The molecule has 3 heterocycles. The number of hydrogen-bond donors (Lipinski definition) is 3. The fourth-order valence-corrected chi connectivity index (χ4v) is 4.75. The molecule has 0 saturated carbocycles. The van der Waals surface area contributed by atoms with Gasteiger partial charge in [0.05, 0.1) is 5.56 Å². The average Bonchev–Trinajstić information content (AvgIpc) is 2.92. The maximum Gasteiger partial charge on any atom is 0.256 e. The maximum absolute atomic E-state index is 12.7. The van der Waals surface area contributed by atoms with Gasteiger partial charge in [0, 0.05) is 24.0 Å². The monoisotopic (exact) mass is 343 g/mol. The Morgan fingerprint density at radius 1 is 1.33 bits per heavy atom. The molecule has 1 atom stereocenters. The summed E-state index contributed by atoms with van der Waals surface area (Å²) in [6, 6.07) is 7.50. The Bertz CT molecular complexity index is 800. The zero-order chi connectivity index (χ0) is 16.8. The van der Waals surface area contributed by atoms with Crippen molar-refractivity contribution < 1.29 is 9.90 Å². The Morgan fingerprint density at radius 2 is 2.17 bits per heavy atom. The summed E-state index contributed by atoms with van der Waals surface area (Å²) in [6.45, 7) is 6.33. The van der Waals surface area contributed by atoms with Crippen molar-refractivity contribution >= 4 is 22.2 Å². The molecule has 0 aliphatic carbocycles. The molecule has 2 aromatic rings. The van der Waals surface area contributed by atoms with Gasteiger partial charge in [-0.05, 0) is 43.5 Å². The van der Waals surface area contributed by atoms with Crippen molar-refractivity contribution in [3.05, 3.63) is 45.8 Å². The van der Waals surface area contributed by atoms with E-state index in [1.165, 1.54) is 10.4 Å². The summed E-state index contributed by atoms with van der Waals surface area (Å²) in [6.07, 6.45) is 0.615. The molecule has 0 unspecified atom stereocenters. The van der Waals surface area contributed by atoms with Crippen LogP contribution in [0.3, 0.4) is 0 Å². The predicted octanol–water partition coefficient (Wildman–Crippen LogP) is 3.07. The summed E-state index contributed by atoms with van der Waals surface area (Å²) in [5.41, 5.74) is 2.87. The van der Waals surface area contributed by atoms with Crippen LogP contribution in [0.5, 0.6) is 5.75 Å². The zero-order valence-electron chi connectivity index (χ0n) is 13.8. The van der Waals surface area contributed by atoms with Crippen LogP contribution < -0.4 is 10.6 Å². The van der Waals surface area contributed by atoms with Crippen LogP contribution in [0.15, 0.2) is 24.3 Å². The smallest absolute Gasteiger partial charge is 0.256 e. The summed E-state index contributed by atoms with van der Waals surface area (Å²) in [7, 11) is 0. The van der Waals surface area contributed by atoms with Crippen LogP contribution in [0.25, 0.3) is 0 Å². The number of benzene rings is 1. The number of rotatable bonds is 2. The second kappa shape index (κ2) is 5.79. The minimum absolute atomic E-state index is 0.0208. The second-order valence-electron chi connectivity index (χ2n) is 6.67. The standard InChI is InChI=1S/C18H21N3O2S/c1-10(2)21-7-6-13-14(9-21)24-18-15(13)17(23)19-16(20-18)11-4-3-5-12(22)8-11/h3-5,8,10,16,20,22H,6-7,9H2,1-2H3,(H,19,23)/t16-/m0/s1. The topological polar surface area (TPSA) is 64.6 Å². The molecular weight excluding hydrogens is 322 g/mol. The van der Waals surface area contributed by atoms with Gasteiger partial charge >= 0.3 is 0 Å². The zero-order valence-corrected chi connectivity index (χ0v) is 14.6. The van der Waals surface area contributed by atoms with E-state index in [-0.39, 0.29) is 17.8 Å². The summed E-state index contributed by atoms with van der Waals surface area (Å²) >= 11 is 1.69. The first kappa shape index (κ1) is 15.5. The molecule has 1 aromatic carbocycles. The highest BCUT2D eigenvalue weighted by atomic mass is 32.1. The molecule has 2 aliphatic rings. The third-order valence-corrected chi connectivity index (χ3v) is 5.95. The van der Waals surface area contributed by atoms with Crippen LogP contribution in [-0.2, 0) is 13.0 Å². The average molecular weight is 343 g/mol. The number of carbonyl (C=O) groups excluding carboxylic acids is 1. The van der Waals surface area contributed by atoms with Crippen molar-refractivity contribution in [3.63, 3.8) is 0 Å². The fourth-order valence-electron chi connectivity index (χ4n) is 3.45. The third kappa shape index (κ3) is 2.56. The van der Waals surface area contributed by atoms with Gasteiger partial charge in [-0.2, -0.15) is 0 Å². The van der Waals surface area contributed by atoms with E-state index in [0.29, 0.717) is 6.04 Å². The highest BCUT2D eigenvalue weighted by Gasteiger charge is 2.33. The maximum atomic E-state index is 12.7. The first-order valence-corrected chi connectivity index (χ1v) is 9.09. The van der Waals surface area contributed by atoms with Gasteiger partial charge in [-0.25, -0.2) is 0 Å². The Hall–Kier alpha value is -2.05. The number of carbonyl (C=O) groups is 1. The molecule has 3 N–H and O–H groups in total. The van der Waals surface area contributed by atoms with E-state index in [1.807, 2.05) is 6.07 Å². The number of nitrogens with one attached hydrogen (secondary N) is 2. The van der Waals surface area contributed by atoms with Gasteiger partial charge in [-0.3, -0.25) is 9.69 Å². The normalized spacial score (nSPS) is 20.3. The van der Waals surface area contributed by atoms with Crippen molar-refractivity contribution in [1.29, 1.82) is 0 Å². The first-order chi connectivity index (χ1) is 11.5. The van der Waals surface area contributed by atoms with E-state index in [1.54, 1.807) is 29.5 Å². The summed E-state index contributed by atoms with van der Waals surface area (Å²) in [4.78, 5) is 16.4. The summed E-state index contributed by atoms with van der Waals surface area (Å²) in [5.74, 6) is 0.181. The number of thiophene rings is 1. The lowest BCUT2D eigenvalue weighted by Crippen LogP contribution is -2.39. The molecule has 0 radical (unpaired) electrons. The van der Waals surface area contributed by atoms with Crippen LogP contribution in [0.2, 0.25) is 0 Å². The molecular formula is C18H21N3O2S. The number of hydrogen-bond acceptors (Lipinski definition) is 5. The van der Waals surface area contributed by atoms with E-state index in [2.05, 4.69) is 29.4 Å². The number of fused-ring (bicyclic) bond motifs is 3. The molecule has 24 heavy (non-hydrogen) atoms. The molecule has 126 valence electrons. The van der Waals surface area contributed by atoms with E-state index < -0.39 is 0 Å². The Kier molecular flexibility index (Phi) is 3.73. The molecule has 0 saturated heterocycles. The van der Waals surface area contributed by atoms with Crippen LogP contribution >= 0.6 is 11.3 Å². The quantitative estimate of drug-likeness (QED) is 0.784. The summed E-state index contributed by atoms with van der Waals surface area (Å²) in [5, 5.41) is 17.1. The summed E-state index contributed by atoms with van der Waals surface area (Å²) < 4.78 is 0. The molecule has 1 aromatic heterocycles. The molecule has 0 bridgehead atoms. The number of anilines is 1. The van der Waals surface area contributed by atoms with Crippen LogP contribution in [0.4, 0.5) is 5.00 Å². The molecule has 2 aliphatic heterocycles.